The van der Waals surface area contributed by atoms with Crippen molar-refractivity contribution in [2.24, 2.45) is 0 Å². The van der Waals surface area contributed by atoms with E-state index in [1.54, 1.807) is 16.8 Å². The van der Waals surface area contributed by atoms with Crippen LogP contribution in [0.2, 0.25) is 5.02 Å². The van der Waals surface area contributed by atoms with Crippen LogP contribution in [-0.4, -0.2) is 36.5 Å². The molecule has 0 radical (unpaired) electrons. The number of halogens is 1. The van der Waals surface area contributed by atoms with Gasteiger partial charge < -0.3 is 9.80 Å². The third kappa shape index (κ3) is 3.37. The first-order valence-corrected chi connectivity index (χ1v) is 6.08. The average molecular weight is 255 g/mol. The molecular weight excluding hydrogens is 236 g/mol. The second-order valence-corrected chi connectivity index (χ2v) is 4.57. The minimum Gasteiger partial charge on any atom is -0.328 e. The van der Waals surface area contributed by atoms with Crippen LogP contribution in [0.4, 0.5) is 4.79 Å². The second-order valence-electron chi connectivity index (χ2n) is 4.14. The van der Waals surface area contributed by atoms with Crippen molar-refractivity contribution >= 4 is 17.6 Å². The van der Waals surface area contributed by atoms with Gasteiger partial charge in [0.25, 0.3) is 0 Å². The molecule has 2 amide bonds. The maximum Gasteiger partial charge on any atom is 0.319 e. The third-order valence-corrected chi connectivity index (χ3v) is 3.29. The highest BCUT2D eigenvalue weighted by Crippen LogP contribution is 2.21. The van der Waals surface area contributed by atoms with E-state index in [0.717, 1.165) is 5.56 Å². The van der Waals surface area contributed by atoms with Crippen LogP contribution in [0.25, 0.3) is 0 Å². The van der Waals surface area contributed by atoms with Gasteiger partial charge in [0.15, 0.2) is 0 Å². The van der Waals surface area contributed by atoms with Crippen LogP contribution in [0.1, 0.15) is 25.5 Å². The van der Waals surface area contributed by atoms with Crippen molar-refractivity contribution in [1.82, 2.24) is 9.80 Å². The highest BCUT2D eigenvalue weighted by molar-refractivity contribution is 6.30. The molecule has 0 fully saturated rings. The quantitative estimate of drug-likeness (QED) is 0.811. The van der Waals surface area contributed by atoms with Crippen molar-refractivity contribution in [3.05, 3.63) is 34.9 Å². The molecule has 1 aromatic carbocycles. The van der Waals surface area contributed by atoms with Gasteiger partial charge in [-0.2, -0.15) is 0 Å². The number of benzene rings is 1. The molecule has 1 unspecified atom stereocenters. The summed E-state index contributed by atoms with van der Waals surface area (Å²) >= 11 is 5.84. The predicted molar refractivity (Wildman–Crippen MR) is 71.3 cm³/mol. The van der Waals surface area contributed by atoms with E-state index >= 15 is 0 Å². The van der Waals surface area contributed by atoms with Gasteiger partial charge in [0.1, 0.15) is 0 Å². The van der Waals surface area contributed by atoms with E-state index in [1.807, 2.05) is 45.2 Å². The lowest BCUT2D eigenvalue weighted by Crippen LogP contribution is -2.39. The standard InChI is InChI=1S/C13H19ClN2O/c1-5-15(3)13(17)16(4)10(2)11-6-8-12(14)9-7-11/h6-10H,5H2,1-4H3. The van der Waals surface area contributed by atoms with E-state index in [4.69, 9.17) is 11.6 Å². The van der Waals surface area contributed by atoms with E-state index in [0.29, 0.717) is 11.6 Å². The van der Waals surface area contributed by atoms with Crippen LogP contribution < -0.4 is 0 Å². The van der Waals surface area contributed by atoms with Gasteiger partial charge in [-0.1, -0.05) is 23.7 Å². The Morgan fingerprint density at radius 1 is 1.29 bits per heavy atom. The summed E-state index contributed by atoms with van der Waals surface area (Å²) in [5, 5.41) is 0.709. The summed E-state index contributed by atoms with van der Waals surface area (Å²) in [6.45, 7) is 4.67. The van der Waals surface area contributed by atoms with Gasteiger partial charge in [-0.3, -0.25) is 0 Å². The molecule has 1 aromatic rings. The van der Waals surface area contributed by atoms with Crippen LogP contribution >= 0.6 is 11.6 Å². The molecule has 94 valence electrons. The Bertz CT molecular complexity index is 378. The zero-order valence-corrected chi connectivity index (χ0v) is 11.5. The first kappa shape index (κ1) is 13.8. The lowest BCUT2D eigenvalue weighted by atomic mass is 10.1. The largest absolute Gasteiger partial charge is 0.328 e. The van der Waals surface area contributed by atoms with Gasteiger partial charge in [-0.15, -0.1) is 0 Å². The minimum atomic E-state index is 0.0231. The predicted octanol–water partition coefficient (Wildman–Crippen LogP) is 3.40. The molecule has 0 spiro atoms. The van der Waals surface area contributed by atoms with Crippen molar-refractivity contribution in [3.8, 4) is 0 Å². The summed E-state index contributed by atoms with van der Waals surface area (Å²) in [6, 6.07) is 7.64. The summed E-state index contributed by atoms with van der Waals surface area (Å²) in [5.41, 5.74) is 1.08. The van der Waals surface area contributed by atoms with Gasteiger partial charge in [0, 0.05) is 25.7 Å². The Kier molecular flexibility index (Phi) is 4.82. The number of hydrogen-bond acceptors (Lipinski definition) is 1. The minimum absolute atomic E-state index is 0.0231. The first-order chi connectivity index (χ1) is 7.97. The zero-order chi connectivity index (χ0) is 13.0. The van der Waals surface area contributed by atoms with E-state index in [1.165, 1.54) is 0 Å². The molecule has 0 saturated heterocycles. The third-order valence-electron chi connectivity index (χ3n) is 3.04. The molecule has 4 heteroatoms. The Morgan fingerprint density at radius 3 is 2.29 bits per heavy atom. The average Bonchev–Trinajstić information content (AvgIpc) is 2.36. The Balaban J connectivity index is 2.79. The molecule has 0 aromatic heterocycles. The molecule has 3 nitrogen and oxygen atoms in total. The van der Waals surface area contributed by atoms with E-state index in [-0.39, 0.29) is 12.1 Å². The van der Waals surface area contributed by atoms with Crippen molar-refractivity contribution in [2.75, 3.05) is 20.6 Å². The Hall–Kier alpha value is -1.22. The number of urea groups is 1. The summed E-state index contributed by atoms with van der Waals surface area (Å²) in [4.78, 5) is 15.4. The molecule has 0 bridgehead atoms. The Morgan fingerprint density at radius 2 is 1.82 bits per heavy atom. The number of carbonyl (C=O) groups excluding carboxylic acids is 1. The monoisotopic (exact) mass is 254 g/mol. The molecule has 0 aliphatic carbocycles. The summed E-state index contributed by atoms with van der Waals surface area (Å²) < 4.78 is 0. The molecule has 0 saturated carbocycles. The van der Waals surface area contributed by atoms with Crippen molar-refractivity contribution in [2.45, 2.75) is 19.9 Å². The van der Waals surface area contributed by atoms with Crippen LogP contribution in [0.5, 0.6) is 0 Å². The first-order valence-electron chi connectivity index (χ1n) is 5.70. The number of rotatable bonds is 3. The SMILES string of the molecule is CCN(C)C(=O)N(C)C(C)c1ccc(Cl)cc1. The van der Waals surface area contributed by atoms with E-state index < -0.39 is 0 Å². The number of nitrogens with zero attached hydrogens (tertiary/aromatic N) is 2. The molecular formula is C13H19ClN2O. The molecule has 0 heterocycles. The topological polar surface area (TPSA) is 23.6 Å². The molecule has 0 aliphatic heterocycles. The van der Waals surface area contributed by atoms with Gasteiger partial charge in [0.2, 0.25) is 0 Å². The van der Waals surface area contributed by atoms with Gasteiger partial charge in [-0.05, 0) is 31.5 Å². The fourth-order valence-corrected chi connectivity index (χ4v) is 1.66. The molecule has 0 aliphatic rings. The summed E-state index contributed by atoms with van der Waals surface area (Å²) in [6.07, 6.45) is 0. The molecule has 1 rings (SSSR count). The van der Waals surface area contributed by atoms with Gasteiger partial charge in [-0.25, -0.2) is 4.79 Å². The lowest BCUT2D eigenvalue weighted by Gasteiger charge is -2.29. The van der Waals surface area contributed by atoms with Gasteiger partial charge in [0.05, 0.1) is 6.04 Å². The van der Waals surface area contributed by atoms with E-state index in [9.17, 15) is 4.79 Å². The maximum absolute atomic E-state index is 12.0. The number of carbonyl (C=O) groups is 1. The van der Waals surface area contributed by atoms with Crippen LogP contribution in [0.15, 0.2) is 24.3 Å². The smallest absolute Gasteiger partial charge is 0.319 e. The Labute approximate surface area is 108 Å². The van der Waals surface area contributed by atoms with Gasteiger partial charge >= 0.3 is 6.03 Å². The van der Waals surface area contributed by atoms with E-state index in [2.05, 4.69) is 0 Å². The molecule has 1 atom stereocenters. The maximum atomic E-state index is 12.0. The molecule has 17 heavy (non-hydrogen) atoms. The number of amides is 2. The highest BCUT2D eigenvalue weighted by Gasteiger charge is 2.19. The number of hydrogen-bond donors (Lipinski definition) is 0. The summed E-state index contributed by atoms with van der Waals surface area (Å²) in [7, 11) is 3.61. The van der Waals surface area contributed by atoms with Crippen molar-refractivity contribution < 1.29 is 4.79 Å². The second kappa shape index (κ2) is 5.92. The lowest BCUT2D eigenvalue weighted by molar-refractivity contribution is 0.161. The van der Waals surface area contributed by atoms with Crippen LogP contribution in [0.3, 0.4) is 0 Å². The fourth-order valence-electron chi connectivity index (χ4n) is 1.54. The van der Waals surface area contributed by atoms with Crippen LogP contribution in [0, 0.1) is 0 Å². The fraction of sp³-hybridized carbons (Fsp3) is 0.462. The summed E-state index contributed by atoms with van der Waals surface area (Å²) in [5.74, 6) is 0. The van der Waals surface area contributed by atoms with Crippen molar-refractivity contribution in [1.29, 1.82) is 0 Å². The molecule has 0 N–H and O–H groups in total. The normalized spacial score (nSPS) is 12.1. The van der Waals surface area contributed by atoms with Crippen molar-refractivity contribution in [3.63, 3.8) is 0 Å². The zero-order valence-electron chi connectivity index (χ0n) is 10.8. The van der Waals surface area contributed by atoms with Crippen LogP contribution in [-0.2, 0) is 0 Å². The highest BCUT2D eigenvalue weighted by atomic mass is 35.5.